The van der Waals surface area contributed by atoms with Gasteiger partial charge in [0, 0.05) is 31.5 Å². The first-order valence-electron chi connectivity index (χ1n) is 12.2. The first kappa shape index (κ1) is 27.2. The zero-order chi connectivity index (χ0) is 27.1. The number of nitrogens with zero attached hydrogens (tertiary/aromatic N) is 2. The number of carbonyl (C=O) groups excluding carboxylic acids is 2. The summed E-state index contributed by atoms with van der Waals surface area (Å²) in [7, 11) is 0. The monoisotopic (exact) mass is 531 g/mol. The van der Waals surface area contributed by atoms with Crippen molar-refractivity contribution in [3.63, 3.8) is 0 Å². The van der Waals surface area contributed by atoms with Gasteiger partial charge in [0.15, 0.2) is 0 Å². The molecule has 1 atom stereocenters. The molecule has 0 aliphatic carbocycles. The van der Waals surface area contributed by atoms with Crippen LogP contribution in [0.2, 0.25) is 0 Å². The van der Waals surface area contributed by atoms with E-state index in [0.29, 0.717) is 49.2 Å². The molecule has 2 heterocycles. The van der Waals surface area contributed by atoms with Crippen molar-refractivity contribution in [3.8, 4) is 17.2 Å². The normalized spacial score (nSPS) is 14.7. The Morgan fingerprint density at radius 2 is 1.76 bits per heavy atom. The summed E-state index contributed by atoms with van der Waals surface area (Å²) >= 11 is 0. The molecule has 1 fully saturated rings. The molecule has 1 aromatic heterocycles. The molecule has 1 aliphatic heterocycles. The molecule has 2 aromatic carbocycles. The minimum absolute atomic E-state index is 0.0985. The Labute approximate surface area is 217 Å². The minimum Gasteiger partial charge on any atom is -0.493 e. The second kappa shape index (κ2) is 12.1. The first-order valence-corrected chi connectivity index (χ1v) is 12.2. The van der Waals surface area contributed by atoms with E-state index in [-0.39, 0.29) is 19.5 Å². The zero-order valence-electron chi connectivity index (χ0n) is 20.8. The van der Waals surface area contributed by atoms with Crippen molar-refractivity contribution in [2.45, 2.75) is 32.0 Å². The van der Waals surface area contributed by atoms with Crippen molar-refractivity contribution in [2.24, 2.45) is 0 Å². The van der Waals surface area contributed by atoms with Gasteiger partial charge in [-0.15, -0.1) is 0 Å². The lowest BCUT2D eigenvalue weighted by Gasteiger charge is -2.31. The summed E-state index contributed by atoms with van der Waals surface area (Å²) < 4.78 is 55.4. The number of nitrogens with one attached hydrogen (secondary N) is 1. The van der Waals surface area contributed by atoms with E-state index in [0.717, 1.165) is 11.3 Å². The number of halogens is 3. The number of alkyl halides is 3. The van der Waals surface area contributed by atoms with E-state index in [9.17, 15) is 22.8 Å². The topological polar surface area (TPSA) is 93.9 Å². The molecule has 4 rings (SSSR count). The number of hydrogen-bond donors (Lipinski definition) is 1. The lowest BCUT2D eigenvalue weighted by atomic mass is 10.0. The van der Waals surface area contributed by atoms with Gasteiger partial charge in [-0.3, -0.25) is 9.59 Å². The number of morpholine rings is 1. The summed E-state index contributed by atoms with van der Waals surface area (Å²) in [4.78, 5) is 30.4. The van der Waals surface area contributed by atoms with Crippen LogP contribution in [-0.4, -0.2) is 66.8 Å². The van der Waals surface area contributed by atoms with Crippen LogP contribution in [0.15, 0.2) is 59.0 Å². The molecule has 2 amide bonds. The largest absolute Gasteiger partial charge is 0.493 e. The maximum Gasteiger partial charge on any atom is 0.471 e. The van der Waals surface area contributed by atoms with Gasteiger partial charge in [0.1, 0.15) is 17.6 Å². The molecule has 1 aliphatic rings. The highest BCUT2D eigenvalue weighted by Gasteiger charge is 2.41. The van der Waals surface area contributed by atoms with Crippen molar-refractivity contribution in [1.29, 1.82) is 0 Å². The van der Waals surface area contributed by atoms with Gasteiger partial charge < -0.3 is 24.1 Å². The molecule has 8 nitrogen and oxygen atoms in total. The van der Waals surface area contributed by atoms with Crippen LogP contribution in [0, 0.1) is 6.92 Å². The summed E-state index contributed by atoms with van der Waals surface area (Å²) in [6.07, 6.45) is -4.67. The molecule has 1 saturated heterocycles. The average molecular weight is 532 g/mol. The molecule has 0 saturated carbocycles. The standard InChI is InChI=1S/C27H28F3N3O5/c1-18-22(31-24(38-18)20-5-3-2-4-6-20)11-14-37-21-9-7-19(8-10-21)17-23(32-26(35)27(28,29)30)25(34)33-12-15-36-16-13-33/h2-10,23H,11-17H2,1H3,(H,32,35)/t23-/m0/s1. The van der Waals surface area contributed by atoms with Gasteiger partial charge in [-0.2, -0.15) is 13.2 Å². The minimum atomic E-state index is -5.09. The number of amides is 2. The van der Waals surface area contributed by atoms with Gasteiger partial charge in [0.25, 0.3) is 0 Å². The highest BCUT2D eigenvalue weighted by molar-refractivity contribution is 5.90. The fraction of sp³-hybridized carbons (Fsp3) is 0.370. The Morgan fingerprint density at radius 3 is 2.42 bits per heavy atom. The van der Waals surface area contributed by atoms with Crippen molar-refractivity contribution < 1.29 is 36.7 Å². The number of benzene rings is 2. The van der Waals surface area contributed by atoms with E-state index >= 15 is 0 Å². The van der Waals surface area contributed by atoms with E-state index in [1.165, 1.54) is 4.90 Å². The van der Waals surface area contributed by atoms with E-state index in [4.69, 9.17) is 13.9 Å². The molecule has 0 unspecified atom stereocenters. The molecule has 3 aromatic rings. The lowest BCUT2D eigenvalue weighted by molar-refractivity contribution is -0.175. The summed E-state index contributed by atoms with van der Waals surface area (Å²) in [6, 6.07) is 14.9. The van der Waals surface area contributed by atoms with Crippen LogP contribution in [0.25, 0.3) is 11.5 Å². The Bertz CT molecular complexity index is 1220. The molecule has 0 bridgehead atoms. The highest BCUT2D eigenvalue weighted by Crippen LogP contribution is 2.22. The number of ether oxygens (including phenoxy) is 2. The molecule has 1 N–H and O–H groups in total. The Morgan fingerprint density at radius 1 is 1.08 bits per heavy atom. The third-order valence-electron chi connectivity index (χ3n) is 6.07. The van der Waals surface area contributed by atoms with Crippen LogP contribution < -0.4 is 10.1 Å². The van der Waals surface area contributed by atoms with E-state index in [1.54, 1.807) is 24.3 Å². The van der Waals surface area contributed by atoms with E-state index < -0.39 is 24.0 Å². The molecule has 0 radical (unpaired) electrons. The molecule has 0 spiro atoms. The van der Waals surface area contributed by atoms with Gasteiger partial charge in [-0.1, -0.05) is 30.3 Å². The van der Waals surface area contributed by atoms with Crippen LogP contribution in [0.4, 0.5) is 13.2 Å². The number of aromatic nitrogens is 1. The maximum atomic E-state index is 12.9. The fourth-order valence-electron chi connectivity index (χ4n) is 4.03. The SMILES string of the molecule is Cc1oc(-c2ccccc2)nc1CCOc1ccc(C[C@H](NC(=O)C(F)(F)F)C(=O)N2CCOCC2)cc1. The second-order valence-electron chi connectivity index (χ2n) is 8.80. The molecule has 202 valence electrons. The third-order valence-corrected chi connectivity index (χ3v) is 6.07. The van der Waals surface area contributed by atoms with Crippen LogP contribution >= 0.6 is 0 Å². The summed E-state index contributed by atoms with van der Waals surface area (Å²) in [5.41, 5.74) is 2.24. The third kappa shape index (κ3) is 7.12. The first-order chi connectivity index (χ1) is 18.2. The van der Waals surface area contributed by atoms with Gasteiger partial charge >= 0.3 is 12.1 Å². The summed E-state index contributed by atoms with van der Waals surface area (Å²) in [5.74, 6) is -0.929. The number of carbonyl (C=O) groups is 2. The molecule has 38 heavy (non-hydrogen) atoms. The number of rotatable bonds is 9. The lowest BCUT2D eigenvalue weighted by Crippen LogP contribution is -2.54. The van der Waals surface area contributed by atoms with Crippen LogP contribution in [0.5, 0.6) is 5.75 Å². The van der Waals surface area contributed by atoms with Gasteiger partial charge in [0.2, 0.25) is 11.8 Å². The Hall–Kier alpha value is -3.86. The molecular weight excluding hydrogens is 503 g/mol. The van der Waals surface area contributed by atoms with Gasteiger partial charge in [-0.25, -0.2) is 4.98 Å². The summed E-state index contributed by atoms with van der Waals surface area (Å²) in [6.45, 7) is 3.26. The van der Waals surface area contributed by atoms with Crippen molar-refractivity contribution >= 4 is 11.8 Å². The summed E-state index contributed by atoms with van der Waals surface area (Å²) in [5, 5.41) is 1.85. The van der Waals surface area contributed by atoms with Crippen molar-refractivity contribution in [2.75, 3.05) is 32.9 Å². The number of hydrogen-bond acceptors (Lipinski definition) is 6. The maximum absolute atomic E-state index is 12.9. The number of aryl methyl sites for hydroxylation is 1. The van der Waals surface area contributed by atoms with Crippen LogP contribution in [-0.2, 0) is 27.2 Å². The van der Waals surface area contributed by atoms with Gasteiger partial charge in [-0.05, 0) is 36.8 Å². The molecular formula is C27H28F3N3O5. The van der Waals surface area contributed by atoms with Crippen molar-refractivity contribution in [3.05, 3.63) is 71.6 Å². The number of oxazole rings is 1. The van der Waals surface area contributed by atoms with Gasteiger partial charge in [0.05, 0.1) is 25.5 Å². The van der Waals surface area contributed by atoms with Crippen LogP contribution in [0.1, 0.15) is 17.0 Å². The second-order valence-corrected chi connectivity index (χ2v) is 8.80. The van der Waals surface area contributed by atoms with Crippen LogP contribution in [0.3, 0.4) is 0 Å². The zero-order valence-corrected chi connectivity index (χ0v) is 20.8. The Kier molecular flexibility index (Phi) is 8.67. The smallest absolute Gasteiger partial charge is 0.471 e. The average Bonchev–Trinajstić information content (AvgIpc) is 3.29. The van der Waals surface area contributed by atoms with Crippen molar-refractivity contribution in [1.82, 2.24) is 15.2 Å². The highest BCUT2D eigenvalue weighted by atomic mass is 19.4. The quantitative estimate of drug-likeness (QED) is 0.453. The predicted octanol–water partition coefficient (Wildman–Crippen LogP) is 3.72. The Balaban J connectivity index is 1.35. The molecule has 11 heteroatoms. The fourth-order valence-corrected chi connectivity index (χ4v) is 4.03. The predicted molar refractivity (Wildman–Crippen MR) is 131 cm³/mol. The van der Waals surface area contributed by atoms with E-state index in [2.05, 4.69) is 4.98 Å². The van der Waals surface area contributed by atoms with E-state index in [1.807, 2.05) is 42.6 Å².